The number of benzene rings is 2. The van der Waals surface area contributed by atoms with E-state index in [2.05, 4.69) is 0 Å². The molecule has 8 heteroatoms. The highest BCUT2D eigenvalue weighted by molar-refractivity contribution is 6.46. The van der Waals surface area contributed by atoms with E-state index < -0.39 is 17.7 Å². The number of rotatable bonds is 11. The van der Waals surface area contributed by atoms with Gasteiger partial charge < -0.3 is 29.1 Å². The fourth-order valence-corrected chi connectivity index (χ4v) is 4.17. The van der Waals surface area contributed by atoms with Gasteiger partial charge in [0.25, 0.3) is 11.7 Å². The highest BCUT2D eigenvalue weighted by Crippen LogP contribution is 2.42. The highest BCUT2D eigenvalue weighted by Gasteiger charge is 2.46. The van der Waals surface area contributed by atoms with E-state index in [-0.39, 0.29) is 11.3 Å². The van der Waals surface area contributed by atoms with Crippen molar-refractivity contribution in [3.63, 3.8) is 0 Å². The summed E-state index contributed by atoms with van der Waals surface area (Å²) >= 11 is 0. The fraction of sp³-hybridized carbons (Fsp3) is 0.407. The zero-order valence-electron chi connectivity index (χ0n) is 21.0. The minimum absolute atomic E-state index is 0.0511. The van der Waals surface area contributed by atoms with Crippen LogP contribution in [0.5, 0.6) is 17.2 Å². The van der Waals surface area contributed by atoms with Crippen molar-refractivity contribution in [1.29, 1.82) is 0 Å². The molecule has 188 valence electrons. The van der Waals surface area contributed by atoms with Crippen LogP contribution in [0.25, 0.3) is 5.76 Å². The van der Waals surface area contributed by atoms with Gasteiger partial charge in [-0.15, -0.1) is 0 Å². The minimum Gasteiger partial charge on any atom is -0.507 e. The molecule has 1 fully saturated rings. The maximum absolute atomic E-state index is 13.2. The molecule has 35 heavy (non-hydrogen) atoms. The topological polar surface area (TPSA) is 88.5 Å². The molecule has 1 amide bonds. The van der Waals surface area contributed by atoms with Crippen LogP contribution in [-0.4, -0.2) is 74.1 Å². The Morgan fingerprint density at radius 3 is 2.29 bits per heavy atom. The molecule has 1 aliphatic rings. The Morgan fingerprint density at radius 1 is 1.00 bits per heavy atom. The SMILES string of the molecule is CCOc1ccc(/C(O)=C2\C(=O)C(=O)N(CCCN(C)C)[C@H]2c2ccc(OCC)c(OC)c2)cc1. The molecule has 2 aromatic rings. The first-order valence-electron chi connectivity index (χ1n) is 11.8. The van der Waals surface area contributed by atoms with Gasteiger partial charge in [0.1, 0.15) is 11.5 Å². The summed E-state index contributed by atoms with van der Waals surface area (Å²) in [5.41, 5.74) is 1.14. The predicted octanol–water partition coefficient (Wildman–Crippen LogP) is 3.87. The Balaban J connectivity index is 2.10. The van der Waals surface area contributed by atoms with E-state index in [1.807, 2.05) is 32.8 Å². The van der Waals surface area contributed by atoms with Crippen LogP contribution < -0.4 is 14.2 Å². The minimum atomic E-state index is -0.756. The van der Waals surface area contributed by atoms with Gasteiger partial charge in [-0.3, -0.25) is 9.59 Å². The zero-order valence-corrected chi connectivity index (χ0v) is 21.0. The van der Waals surface area contributed by atoms with E-state index in [9.17, 15) is 14.7 Å². The van der Waals surface area contributed by atoms with E-state index in [1.54, 1.807) is 42.5 Å². The molecule has 2 aromatic carbocycles. The van der Waals surface area contributed by atoms with Gasteiger partial charge >= 0.3 is 0 Å². The lowest BCUT2D eigenvalue weighted by atomic mass is 9.95. The third kappa shape index (κ3) is 5.77. The summed E-state index contributed by atoms with van der Waals surface area (Å²) in [6.07, 6.45) is 0.674. The van der Waals surface area contributed by atoms with Gasteiger partial charge in [-0.2, -0.15) is 0 Å². The molecule has 0 aromatic heterocycles. The number of hydrogen-bond acceptors (Lipinski definition) is 7. The van der Waals surface area contributed by atoms with Crippen molar-refractivity contribution in [3.8, 4) is 17.2 Å². The molecular formula is C27H34N2O6. The monoisotopic (exact) mass is 482 g/mol. The fourth-order valence-electron chi connectivity index (χ4n) is 4.17. The van der Waals surface area contributed by atoms with Crippen LogP contribution in [0.3, 0.4) is 0 Å². The standard InChI is InChI=1S/C27H34N2O6/c1-6-34-20-12-9-18(10-13-20)25(30)23-24(19-11-14-21(35-7-2)22(17-19)33-5)29(27(32)26(23)31)16-8-15-28(3)4/h9-14,17,24,30H,6-8,15-16H2,1-5H3/b25-23+/t24-/m0/s1. The van der Waals surface area contributed by atoms with E-state index in [0.717, 1.165) is 6.54 Å². The molecule has 3 rings (SSSR count). The molecule has 8 nitrogen and oxygen atoms in total. The second kappa shape index (κ2) is 11.8. The van der Waals surface area contributed by atoms with Crippen LogP contribution in [0.4, 0.5) is 0 Å². The van der Waals surface area contributed by atoms with Gasteiger partial charge in [0.05, 0.1) is 31.9 Å². The molecule has 1 heterocycles. The summed E-state index contributed by atoms with van der Waals surface area (Å²) in [7, 11) is 5.44. The Labute approximate surface area is 206 Å². The van der Waals surface area contributed by atoms with E-state index in [0.29, 0.717) is 54.6 Å². The average molecular weight is 483 g/mol. The van der Waals surface area contributed by atoms with Gasteiger partial charge in [-0.25, -0.2) is 0 Å². The Hall–Kier alpha value is -3.52. The number of amides is 1. The number of carbonyl (C=O) groups excluding carboxylic acids is 2. The normalized spacial score (nSPS) is 17.2. The summed E-state index contributed by atoms with van der Waals surface area (Å²) in [5, 5.41) is 11.2. The molecule has 1 saturated heterocycles. The van der Waals surface area contributed by atoms with Crippen LogP contribution in [-0.2, 0) is 9.59 Å². The van der Waals surface area contributed by atoms with Crippen molar-refractivity contribution in [2.75, 3.05) is 47.5 Å². The van der Waals surface area contributed by atoms with E-state index >= 15 is 0 Å². The molecule has 1 N–H and O–H groups in total. The van der Waals surface area contributed by atoms with Crippen molar-refractivity contribution in [2.45, 2.75) is 26.3 Å². The number of nitrogens with zero attached hydrogens (tertiary/aromatic N) is 2. The van der Waals surface area contributed by atoms with Gasteiger partial charge in [-0.05, 0) is 82.9 Å². The third-order valence-electron chi connectivity index (χ3n) is 5.79. The van der Waals surface area contributed by atoms with Crippen molar-refractivity contribution in [3.05, 3.63) is 59.2 Å². The van der Waals surface area contributed by atoms with Crippen molar-refractivity contribution in [2.24, 2.45) is 0 Å². The summed E-state index contributed by atoms with van der Waals surface area (Å²) < 4.78 is 16.6. The molecule has 0 saturated carbocycles. The van der Waals surface area contributed by atoms with Crippen LogP contribution in [0.15, 0.2) is 48.0 Å². The largest absolute Gasteiger partial charge is 0.507 e. The number of ether oxygens (including phenoxy) is 3. The highest BCUT2D eigenvalue weighted by atomic mass is 16.5. The maximum Gasteiger partial charge on any atom is 0.295 e. The Bertz CT molecular complexity index is 1080. The van der Waals surface area contributed by atoms with Gasteiger partial charge in [0.15, 0.2) is 11.5 Å². The summed E-state index contributed by atoms with van der Waals surface area (Å²) in [6.45, 7) is 5.87. The van der Waals surface area contributed by atoms with Crippen molar-refractivity contribution < 1.29 is 28.9 Å². The second-order valence-electron chi connectivity index (χ2n) is 8.45. The first kappa shape index (κ1) is 26.1. The molecule has 0 spiro atoms. The number of aliphatic hydroxyl groups is 1. The first-order chi connectivity index (χ1) is 16.8. The van der Waals surface area contributed by atoms with E-state index in [4.69, 9.17) is 14.2 Å². The van der Waals surface area contributed by atoms with Gasteiger partial charge in [0.2, 0.25) is 0 Å². The van der Waals surface area contributed by atoms with Crippen molar-refractivity contribution in [1.82, 2.24) is 9.80 Å². The predicted molar refractivity (Wildman–Crippen MR) is 134 cm³/mol. The molecule has 0 bridgehead atoms. The smallest absolute Gasteiger partial charge is 0.295 e. The number of likely N-dealkylation sites (tertiary alicyclic amines) is 1. The number of methoxy groups -OCH3 is 1. The third-order valence-corrected chi connectivity index (χ3v) is 5.79. The number of aliphatic hydroxyl groups excluding tert-OH is 1. The molecular weight excluding hydrogens is 448 g/mol. The lowest BCUT2D eigenvalue weighted by Crippen LogP contribution is -2.32. The van der Waals surface area contributed by atoms with Gasteiger partial charge in [0, 0.05) is 12.1 Å². The lowest BCUT2D eigenvalue weighted by Gasteiger charge is -2.26. The van der Waals surface area contributed by atoms with Crippen LogP contribution in [0.1, 0.15) is 37.4 Å². The molecule has 0 radical (unpaired) electrons. The summed E-state index contributed by atoms with van der Waals surface area (Å²) in [5.74, 6) is 0.146. The first-order valence-corrected chi connectivity index (χ1v) is 11.8. The van der Waals surface area contributed by atoms with Crippen LogP contribution in [0, 0.1) is 0 Å². The van der Waals surface area contributed by atoms with Gasteiger partial charge in [-0.1, -0.05) is 6.07 Å². The summed E-state index contributed by atoms with van der Waals surface area (Å²) in [4.78, 5) is 29.9. The average Bonchev–Trinajstić information content (AvgIpc) is 3.09. The summed E-state index contributed by atoms with van der Waals surface area (Å²) in [6, 6.07) is 11.4. The number of carbonyl (C=O) groups is 2. The number of hydrogen-bond donors (Lipinski definition) is 1. The molecule has 0 aliphatic carbocycles. The Morgan fingerprint density at radius 2 is 1.69 bits per heavy atom. The maximum atomic E-state index is 13.2. The second-order valence-corrected chi connectivity index (χ2v) is 8.45. The molecule has 1 aliphatic heterocycles. The Kier molecular flexibility index (Phi) is 8.76. The quantitative estimate of drug-likeness (QED) is 0.296. The van der Waals surface area contributed by atoms with Crippen LogP contribution in [0.2, 0.25) is 0 Å². The number of Topliss-reactive ketones (excluding diaryl/α,β-unsaturated/α-hetero) is 1. The van der Waals surface area contributed by atoms with Crippen LogP contribution >= 0.6 is 0 Å². The zero-order chi connectivity index (χ0) is 25.5. The molecule has 0 unspecified atom stereocenters. The van der Waals surface area contributed by atoms with E-state index in [1.165, 1.54) is 12.0 Å². The molecule has 1 atom stereocenters. The van der Waals surface area contributed by atoms with Crippen molar-refractivity contribution >= 4 is 17.4 Å². The number of ketones is 1. The lowest BCUT2D eigenvalue weighted by molar-refractivity contribution is -0.139.